The van der Waals surface area contributed by atoms with E-state index < -0.39 is 0 Å². The third-order valence-corrected chi connectivity index (χ3v) is 2.13. The maximum absolute atomic E-state index is 4.27. The van der Waals surface area contributed by atoms with E-state index in [1.54, 1.807) is 6.33 Å². The van der Waals surface area contributed by atoms with Gasteiger partial charge in [-0.3, -0.25) is 0 Å². The topological polar surface area (TPSA) is 49.8 Å². The molecule has 0 saturated carbocycles. The van der Waals surface area contributed by atoms with Gasteiger partial charge >= 0.3 is 0 Å². The molecule has 0 saturated heterocycles. The molecule has 0 spiro atoms. The highest BCUT2D eigenvalue weighted by atomic mass is 15.1. The number of nitrogens with zero attached hydrogens (tertiary/aromatic N) is 2. The average Bonchev–Trinajstić information content (AvgIpc) is 2.23. The van der Waals surface area contributed by atoms with Crippen molar-refractivity contribution in [3.63, 3.8) is 0 Å². The first-order chi connectivity index (χ1) is 7.33. The number of anilines is 2. The molecule has 0 fully saturated rings. The molecule has 0 unspecified atom stereocenters. The molecule has 0 aliphatic rings. The molecule has 0 aliphatic carbocycles. The molecule has 0 amide bonds. The lowest BCUT2D eigenvalue weighted by molar-refractivity contribution is 0.897. The molecule has 1 aromatic rings. The Bertz CT molecular complexity index is 274. The molecule has 0 aromatic carbocycles. The fourth-order valence-electron chi connectivity index (χ4n) is 1.54. The van der Waals surface area contributed by atoms with Crippen molar-refractivity contribution in [2.24, 2.45) is 0 Å². The molecule has 15 heavy (non-hydrogen) atoms. The zero-order valence-electron chi connectivity index (χ0n) is 9.80. The van der Waals surface area contributed by atoms with E-state index in [-0.39, 0.29) is 0 Å². The van der Waals surface area contributed by atoms with Gasteiger partial charge in [-0.25, -0.2) is 9.97 Å². The molecule has 0 atom stereocenters. The Morgan fingerprint density at radius 2 is 1.53 bits per heavy atom. The molecule has 1 rings (SSSR count). The van der Waals surface area contributed by atoms with Crippen LogP contribution in [-0.4, -0.2) is 23.1 Å². The number of hydrogen-bond acceptors (Lipinski definition) is 4. The Morgan fingerprint density at radius 1 is 1.00 bits per heavy atom. The van der Waals surface area contributed by atoms with Gasteiger partial charge in [-0.15, -0.1) is 0 Å². The number of hydrogen-bond donors (Lipinski definition) is 2. The molecule has 4 heteroatoms. The minimum Gasteiger partial charge on any atom is -0.370 e. The summed E-state index contributed by atoms with van der Waals surface area (Å²) in [5.41, 5.74) is 1.20. The van der Waals surface area contributed by atoms with Crippen LogP contribution in [0.25, 0.3) is 0 Å². The van der Waals surface area contributed by atoms with E-state index in [4.69, 9.17) is 0 Å². The third kappa shape index (κ3) is 3.08. The van der Waals surface area contributed by atoms with Crippen molar-refractivity contribution in [2.45, 2.75) is 33.6 Å². The van der Waals surface area contributed by atoms with Crippen molar-refractivity contribution < 1.29 is 0 Å². The summed E-state index contributed by atoms with van der Waals surface area (Å²) in [7, 11) is 0. The van der Waals surface area contributed by atoms with Crippen LogP contribution in [-0.2, 0) is 6.42 Å². The van der Waals surface area contributed by atoms with Gasteiger partial charge in [0, 0.05) is 18.7 Å². The summed E-state index contributed by atoms with van der Waals surface area (Å²) < 4.78 is 0. The minimum atomic E-state index is 0.888. The van der Waals surface area contributed by atoms with Crippen molar-refractivity contribution in [3.8, 4) is 0 Å². The molecule has 84 valence electrons. The monoisotopic (exact) mass is 208 g/mol. The SMILES string of the molecule is CCCc1c(NCC)ncnc1NCC. The van der Waals surface area contributed by atoms with Crippen molar-refractivity contribution in [1.82, 2.24) is 9.97 Å². The van der Waals surface area contributed by atoms with Crippen LogP contribution >= 0.6 is 0 Å². The molecule has 1 aromatic heterocycles. The van der Waals surface area contributed by atoms with Crippen LogP contribution in [0, 0.1) is 0 Å². The van der Waals surface area contributed by atoms with E-state index >= 15 is 0 Å². The summed E-state index contributed by atoms with van der Waals surface area (Å²) in [5.74, 6) is 1.93. The summed E-state index contributed by atoms with van der Waals surface area (Å²) in [6.07, 6.45) is 3.71. The van der Waals surface area contributed by atoms with E-state index in [0.29, 0.717) is 0 Å². The Balaban J connectivity index is 2.97. The fraction of sp³-hybridized carbons (Fsp3) is 0.636. The van der Waals surface area contributed by atoms with Gasteiger partial charge in [0.05, 0.1) is 0 Å². The number of rotatable bonds is 6. The highest BCUT2D eigenvalue weighted by Gasteiger charge is 2.08. The van der Waals surface area contributed by atoms with Gasteiger partial charge < -0.3 is 10.6 Å². The van der Waals surface area contributed by atoms with Crippen molar-refractivity contribution in [3.05, 3.63) is 11.9 Å². The van der Waals surface area contributed by atoms with Gasteiger partial charge in [0.1, 0.15) is 18.0 Å². The van der Waals surface area contributed by atoms with Crippen LogP contribution in [0.15, 0.2) is 6.33 Å². The molecule has 4 nitrogen and oxygen atoms in total. The van der Waals surface area contributed by atoms with E-state index in [1.807, 2.05) is 0 Å². The van der Waals surface area contributed by atoms with Gasteiger partial charge in [-0.2, -0.15) is 0 Å². The molecule has 2 N–H and O–H groups in total. The number of aromatic nitrogens is 2. The van der Waals surface area contributed by atoms with Gasteiger partial charge in [-0.1, -0.05) is 13.3 Å². The normalized spacial score (nSPS) is 10.1. The zero-order chi connectivity index (χ0) is 11.1. The van der Waals surface area contributed by atoms with Gasteiger partial charge in [0.2, 0.25) is 0 Å². The van der Waals surface area contributed by atoms with E-state index in [0.717, 1.165) is 37.6 Å². The van der Waals surface area contributed by atoms with Gasteiger partial charge in [0.15, 0.2) is 0 Å². The van der Waals surface area contributed by atoms with Crippen LogP contribution in [0.4, 0.5) is 11.6 Å². The van der Waals surface area contributed by atoms with E-state index in [2.05, 4.69) is 41.4 Å². The molecular formula is C11H20N4. The third-order valence-electron chi connectivity index (χ3n) is 2.13. The maximum Gasteiger partial charge on any atom is 0.134 e. The highest BCUT2D eigenvalue weighted by Crippen LogP contribution is 2.21. The Kier molecular flexibility index (Phi) is 4.87. The first-order valence-electron chi connectivity index (χ1n) is 5.65. The lowest BCUT2D eigenvalue weighted by Crippen LogP contribution is -2.09. The summed E-state index contributed by atoms with van der Waals surface area (Å²) in [6.45, 7) is 8.09. The predicted molar refractivity (Wildman–Crippen MR) is 64.4 cm³/mol. The molecule has 1 heterocycles. The predicted octanol–water partition coefficient (Wildman–Crippen LogP) is 2.29. The Morgan fingerprint density at radius 3 is 1.93 bits per heavy atom. The second kappa shape index (κ2) is 6.22. The Hall–Kier alpha value is -1.32. The summed E-state index contributed by atoms with van der Waals surface area (Å²) in [6, 6.07) is 0. The first kappa shape index (κ1) is 11.8. The molecule has 0 bridgehead atoms. The fourth-order valence-corrected chi connectivity index (χ4v) is 1.54. The summed E-state index contributed by atoms with van der Waals surface area (Å²) in [4.78, 5) is 8.54. The second-order valence-corrected chi connectivity index (χ2v) is 3.36. The molecule has 0 aliphatic heterocycles. The first-order valence-corrected chi connectivity index (χ1v) is 5.65. The summed E-state index contributed by atoms with van der Waals surface area (Å²) in [5, 5.41) is 6.54. The van der Waals surface area contributed by atoms with Crippen LogP contribution in [0.2, 0.25) is 0 Å². The molecular weight excluding hydrogens is 188 g/mol. The smallest absolute Gasteiger partial charge is 0.134 e. The van der Waals surface area contributed by atoms with E-state index in [1.165, 1.54) is 5.56 Å². The van der Waals surface area contributed by atoms with Crippen molar-refractivity contribution in [1.29, 1.82) is 0 Å². The van der Waals surface area contributed by atoms with Crippen LogP contribution in [0.3, 0.4) is 0 Å². The number of nitrogens with one attached hydrogen (secondary N) is 2. The van der Waals surface area contributed by atoms with Crippen LogP contribution in [0.1, 0.15) is 32.8 Å². The standard InChI is InChI=1S/C11H20N4/c1-4-7-9-10(12-5-2)14-8-15-11(9)13-6-3/h8H,4-7H2,1-3H3,(H2,12,13,14,15). The van der Waals surface area contributed by atoms with Crippen molar-refractivity contribution >= 4 is 11.6 Å². The maximum atomic E-state index is 4.27. The van der Waals surface area contributed by atoms with Crippen LogP contribution in [0.5, 0.6) is 0 Å². The zero-order valence-corrected chi connectivity index (χ0v) is 9.80. The van der Waals surface area contributed by atoms with Gasteiger partial charge in [0.25, 0.3) is 0 Å². The quantitative estimate of drug-likeness (QED) is 0.753. The second-order valence-electron chi connectivity index (χ2n) is 3.36. The average molecular weight is 208 g/mol. The van der Waals surface area contributed by atoms with E-state index in [9.17, 15) is 0 Å². The summed E-state index contributed by atoms with van der Waals surface area (Å²) >= 11 is 0. The van der Waals surface area contributed by atoms with Crippen LogP contribution < -0.4 is 10.6 Å². The highest BCUT2D eigenvalue weighted by molar-refractivity contribution is 5.57. The lowest BCUT2D eigenvalue weighted by Gasteiger charge is -2.13. The van der Waals surface area contributed by atoms with Gasteiger partial charge in [-0.05, 0) is 20.3 Å². The molecule has 0 radical (unpaired) electrons. The largest absolute Gasteiger partial charge is 0.370 e. The minimum absolute atomic E-state index is 0.888. The lowest BCUT2D eigenvalue weighted by atomic mass is 10.1. The Labute approximate surface area is 91.5 Å². The van der Waals surface area contributed by atoms with Crippen molar-refractivity contribution in [2.75, 3.05) is 23.7 Å².